The van der Waals surface area contributed by atoms with Crippen molar-refractivity contribution >= 4 is 40.5 Å². The molecule has 190 valence electrons. The van der Waals surface area contributed by atoms with Crippen LogP contribution in [0.1, 0.15) is 41.4 Å². The Labute approximate surface area is 219 Å². The molecular formula is C27H29ClN2O5S. The first-order valence-corrected chi connectivity index (χ1v) is 13.0. The fourth-order valence-electron chi connectivity index (χ4n) is 4.03. The van der Waals surface area contributed by atoms with E-state index in [1.165, 1.54) is 11.3 Å². The van der Waals surface area contributed by atoms with Crippen LogP contribution in [0.4, 0.5) is 5.69 Å². The van der Waals surface area contributed by atoms with Crippen molar-refractivity contribution in [3.8, 4) is 21.9 Å². The number of methoxy groups -OCH3 is 1. The molecule has 3 aromatic rings. The Morgan fingerprint density at radius 2 is 1.94 bits per heavy atom. The quantitative estimate of drug-likeness (QED) is 0.322. The summed E-state index contributed by atoms with van der Waals surface area (Å²) in [6.45, 7) is 2.57. The molecule has 1 aromatic heterocycles. The number of nitrogens with two attached hydrogens (primary N) is 1. The predicted octanol–water partition coefficient (Wildman–Crippen LogP) is 5.68. The van der Waals surface area contributed by atoms with Gasteiger partial charge in [0.1, 0.15) is 12.7 Å². The lowest BCUT2D eigenvalue weighted by molar-refractivity contribution is -0.149. The third-order valence-corrected chi connectivity index (χ3v) is 7.40. The number of fused-ring (bicyclic) bond motifs is 1. The van der Waals surface area contributed by atoms with Crippen molar-refractivity contribution in [1.82, 2.24) is 0 Å². The second kappa shape index (κ2) is 11.8. The highest BCUT2D eigenvalue weighted by atomic mass is 35.5. The Morgan fingerprint density at radius 1 is 1.17 bits per heavy atom. The van der Waals surface area contributed by atoms with Crippen LogP contribution in [-0.2, 0) is 16.1 Å². The molecular weight excluding hydrogens is 500 g/mol. The Bertz CT molecular complexity index is 1230. The lowest BCUT2D eigenvalue weighted by Gasteiger charge is -2.21. The molecule has 0 fully saturated rings. The first kappa shape index (κ1) is 26.0. The number of carbonyl (C=O) groups excluding carboxylic acids is 2. The van der Waals surface area contributed by atoms with E-state index in [4.69, 9.17) is 31.5 Å². The molecule has 1 aliphatic rings. The number of halogens is 1. The van der Waals surface area contributed by atoms with Gasteiger partial charge in [-0.2, -0.15) is 0 Å². The zero-order chi connectivity index (χ0) is 25.7. The minimum absolute atomic E-state index is 0.0424. The summed E-state index contributed by atoms with van der Waals surface area (Å²) < 4.78 is 16.9. The number of hydrogen-bond donors (Lipinski definition) is 1. The van der Waals surface area contributed by atoms with E-state index < -0.39 is 12.1 Å². The number of rotatable bonds is 11. The van der Waals surface area contributed by atoms with Crippen LogP contribution in [0, 0.1) is 0 Å². The molecule has 0 saturated carbocycles. The number of benzene rings is 2. The highest BCUT2D eigenvalue weighted by molar-refractivity contribution is 7.17. The van der Waals surface area contributed by atoms with Crippen LogP contribution < -0.4 is 20.1 Å². The van der Waals surface area contributed by atoms with Crippen molar-refractivity contribution in [1.29, 1.82) is 0 Å². The Hall–Kier alpha value is -3.07. The molecule has 2 N–H and O–H groups in total. The lowest BCUT2D eigenvalue weighted by Crippen LogP contribution is -2.28. The molecule has 0 spiro atoms. The van der Waals surface area contributed by atoms with Crippen molar-refractivity contribution in [2.45, 2.75) is 38.8 Å². The highest BCUT2D eigenvalue weighted by Gasteiger charge is 2.32. The first-order valence-electron chi connectivity index (χ1n) is 11.8. The Balaban J connectivity index is 1.46. The number of carbonyl (C=O) groups is 2. The van der Waals surface area contributed by atoms with Gasteiger partial charge in [0.2, 0.25) is 0 Å². The molecule has 0 radical (unpaired) electrons. The van der Waals surface area contributed by atoms with E-state index in [9.17, 15) is 9.59 Å². The summed E-state index contributed by atoms with van der Waals surface area (Å²) in [6.07, 6.45) is 2.18. The summed E-state index contributed by atoms with van der Waals surface area (Å²) >= 11 is 7.48. The van der Waals surface area contributed by atoms with E-state index in [1.54, 1.807) is 24.1 Å². The largest absolute Gasteiger partial charge is 0.493 e. The fourth-order valence-corrected chi connectivity index (χ4v) is 5.28. The number of unbranched alkanes of at least 4 members (excludes halogenated alkanes) is 1. The smallest absolute Gasteiger partial charge is 0.320 e. The van der Waals surface area contributed by atoms with Crippen LogP contribution in [0.5, 0.6) is 11.5 Å². The van der Waals surface area contributed by atoms with Gasteiger partial charge in [-0.1, -0.05) is 37.1 Å². The molecule has 36 heavy (non-hydrogen) atoms. The van der Waals surface area contributed by atoms with Crippen molar-refractivity contribution in [2.24, 2.45) is 5.73 Å². The van der Waals surface area contributed by atoms with E-state index >= 15 is 0 Å². The van der Waals surface area contributed by atoms with Crippen LogP contribution in [0.25, 0.3) is 10.4 Å². The first-order chi connectivity index (χ1) is 17.4. The topological polar surface area (TPSA) is 91.1 Å². The van der Waals surface area contributed by atoms with Gasteiger partial charge in [-0.05, 0) is 54.3 Å². The molecule has 7 nitrogen and oxygen atoms in total. The number of amides is 1. The van der Waals surface area contributed by atoms with Gasteiger partial charge in [-0.15, -0.1) is 11.3 Å². The van der Waals surface area contributed by atoms with E-state index in [-0.39, 0.29) is 19.1 Å². The molecule has 0 bridgehead atoms. The van der Waals surface area contributed by atoms with Crippen LogP contribution in [-0.4, -0.2) is 38.2 Å². The Morgan fingerprint density at radius 3 is 2.61 bits per heavy atom. The molecule has 4 rings (SSSR count). The van der Waals surface area contributed by atoms with Crippen LogP contribution in [0.3, 0.4) is 0 Å². The summed E-state index contributed by atoms with van der Waals surface area (Å²) in [7, 11) is 1.55. The van der Waals surface area contributed by atoms with Crippen LogP contribution in [0.2, 0.25) is 5.02 Å². The number of ether oxygens (including phenoxy) is 3. The van der Waals surface area contributed by atoms with E-state index in [1.807, 2.05) is 30.3 Å². The fraction of sp³-hybridized carbons (Fsp3) is 0.333. The molecule has 9 heteroatoms. The van der Waals surface area contributed by atoms with Crippen LogP contribution >= 0.6 is 22.9 Å². The summed E-state index contributed by atoms with van der Waals surface area (Å²) in [4.78, 5) is 28.4. The van der Waals surface area contributed by atoms with E-state index in [0.29, 0.717) is 29.5 Å². The van der Waals surface area contributed by atoms with E-state index in [2.05, 4.69) is 13.0 Å². The van der Waals surface area contributed by atoms with Gasteiger partial charge in [0.05, 0.1) is 25.1 Å². The minimum atomic E-state index is -0.457. The standard InChI is InChI=1S/C27H29ClN2O5S/c1-3-4-5-21(35-25(31)14-29)16-34-22-11-10-20(13-23(22)33-2)30-15-18-12-24(36-26(18)27(30)32)17-6-8-19(28)9-7-17/h6-13,21H,3-5,14-16,29H2,1-2H3/t21-/m0/s1. The molecule has 2 aromatic carbocycles. The highest BCUT2D eigenvalue weighted by Crippen LogP contribution is 2.40. The number of anilines is 1. The number of esters is 1. The zero-order valence-electron chi connectivity index (χ0n) is 20.3. The average molecular weight is 529 g/mol. The van der Waals surface area contributed by atoms with Gasteiger partial charge >= 0.3 is 5.97 Å². The number of nitrogens with zero attached hydrogens (tertiary/aromatic N) is 1. The zero-order valence-corrected chi connectivity index (χ0v) is 21.9. The van der Waals surface area contributed by atoms with Gasteiger partial charge in [0, 0.05) is 21.7 Å². The third kappa shape index (κ3) is 5.83. The van der Waals surface area contributed by atoms with Gasteiger partial charge in [-0.25, -0.2) is 0 Å². The molecule has 1 atom stereocenters. The maximum absolute atomic E-state index is 13.2. The molecule has 1 aliphatic heterocycles. The normalized spacial score (nSPS) is 13.4. The predicted molar refractivity (Wildman–Crippen MR) is 142 cm³/mol. The molecule has 2 heterocycles. The summed E-state index contributed by atoms with van der Waals surface area (Å²) in [5, 5.41) is 0.680. The van der Waals surface area contributed by atoms with Gasteiger partial charge in [0.15, 0.2) is 11.5 Å². The SMILES string of the molecule is CCCC[C@@H](COc1ccc(N2Cc3cc(-c4ccc(Cl)cc4)sc3C2=O)cc1OC)OC(=O)CN. The Kier molecular flexibility index (Phi) is 8.51. The number of thiophene rings is 1. The molecule has 0 aliphatic carbocycles. The summed E-state index contributed by atoms with van der Waals surface area (Å²) in [5.74, 6) is 0.510. The van der Waals surface area contributed by atoms with Gasteiger partial charge < -0.3 is 24.8 Å². The lowest BCUT2D eigenvalue weighted by atomic mass is 10.1. The average Bonchev–Trinajstić information content (AvgIpc) is 3.45. The van der Waals surface area contributed by atoms with E-state index in [0.717, 1.165) is 39.4 Å². The molecule has 0 unspecified atom stereocenters. The van der Waals surface area contributed by atoms with Crippen LogP contribution in [0.15, 0.2) is 48.5 Å². The molecule has 0 saturated heterocycles. The van der Waals surface area contributed by atoms with Crippen molar-refractivity contribution < 1.29 is 23.8 Å². The number of hydrogen-bond acceptors (Lipinski definition) is 7. The second-order valence-electron chi connectivity index (χ2n) is 8.47. The van der Waals surface area contributed by atoms with Crippen molar-refractivity contribution in [3.05, 3.63) is 64.0 Å². The monoisotopic (exact) mass is 528 g/mol. The summed E-state index contributed by atoms with van der Waals surface area (Å²) in [6, 6.07) is 15.1. The maximum atomic E-state index is 13.2. The van der Waals surface area contributed by atoms with Crippen molar-refractivity contribution in [2.75, 3.05) is 25.2 Å². The molecule has 1 amide bonds. The van der Waals surface area contributed by atoms with Gasteiger partial charge in [-0.3, -0.25) is 9.59 Å². The minimum Gasteiger partial charge on any atom is -0.493 e. The van der Waals surface area contributed by atoms with Crippen molar-refractivity contribution in [3.63, 3.8) is 0 Å². The van der Waals surface area contributed by atoms with Gasteiger partial charge in [0.25, 0.3) is 5.91 Å². The maximum Gasteiger partial charge on any atom is 0.320 e. The second-order valence-corrected chi connectivity index (χ2v) is 9.96. The third-order valence-electron chi connectivity index (χ3n) is 5.93. The summed E-state index contributed by atoms with van der Waals surface area (Å²) in [5.41, 5.74) is 8.14.